The molecule has 26 heavy (non-hydrogen) atoms. The third-order valence-corrected chi connectivity index (χ3v) is 3.43. The van der Waals surface area contributed by atoms with E-state index in [1.165, 1.54) is 0 Å². The summed E-state index contributed by atoms with van der Waals surface area (Å²) in [6.07, 6.45) is 0.913. The van der Waals surface area contributed by atoms with Gasteiger partial charge >= 0.3 is 0 Å². The molecule has 0 saturated heterocycles. The van der Waals surface area contributed by atoms with E-state index in [4.69, 9.17) is 10.5 Å². The molecule has 1 aliphatic rings. The quantitative estimate of drug-likeness (QED) is 0.734. The van der Waals surface area contributed by atoms with Gasteiger partial charge in [0.2, 0.25) is 5.91 Å². The Hall–Kier alpha value is -2.04. The van der Waals surface area contributed by atoms with Gasteiger partial charge in [0, 0.05) is 5.69 Å². The number of nitrogens with one attached hydrogen (secondary N) is 1. The molecule has 0 saturated carbocycles. The molecule has 0 radical (unpaired) electrons. The van der Waals surface area contributed by atoms with E-state index in [0.717, 1.165) is 12.0 Å². The van der Waals surface area contributed by atoms with Gasteiger partial charge in [0.25, 0.3) is 0 Å². The summed E-state index contributed by atoms with van der Waals surface area (Å²) < 4.78 is 5.70. The summed E-state index contributed by atoms with van der Waals surface area (Å²) in [6.45, 7) is 18.5. The number of aliphatic imine (C=N–C) groups is 1. The van der Waals surface area contributed by atoms with Crippen molar-refractivity contribution in [3.05, 3.63) is 23.8 Å². The molecule has 0 bridgehead atoms. The Bertz CT molecular complexity index is 542. The van der Waals surface area contributed by atoms with Gasteiger partial charge in [-0.2, -0.15) is 0 Å². The number of benzene rings is 1. The fourth-order valence-corrected chi connectivity index (χ4v) is 2.00. The number of amidine groups is 1. The number of nitrogen functional groups attached to an aromatic ring is 1. The number of nitrogens with zero attached hydrogens (tertiary/aromatic N) is 1. The molecule has 1 amide bonds. The van der Waals surface area contributed by atoms with E-state index in [0.29, 0.717) is 23.9 Å². The Balaban J connectivity index is 0. The maximum Gasteiger partial charge on any atom is 0.230 e. The highest BCUT2D eigenvalue weighted by Gasteiger charge is 2.28. The molecule has 5 nitrogen and oxygen atoms in total. The first-order chi connectivity index (χ1) is 12.5. The normalized spacial score (nSPS) is 17.7. The van der Waals surface area contributed by atoms with Crippen molar-refractivity contribution in [2.24, 2.45) is 10.9 Å². The van der Waals surface area contributed by atoms with Crippen molar-refractivity contribution in [1.29, 1.82) is 0 Å². The Kier molecular flexibility index (Phi) is 15.3. The van der Waals surface area contributed by atoms with E-state index in [1.54, 1.807) is 12.1 Å². The number of amides is 1. The molecule has 0 spiro atoms. The summed E-state index contributed by atoms with van der Waals surface area (Å²) in [5, 5.41) is 2.83. The highest BCUT2D eigenvalue weighted by Crippen LogP contribution is 2.24. The van der Waals surface area contributed by atoms with Crippen molar-refractivity contribution >= 4 is 17.4 Å². The molecule has 2 unspecified atom stereocenters. The average Bonchev–Trinajstić information content (AvgIpc) is 2.69. The highest BCUT2D eigenvalue weighted by atomic mass is 16.5. The fourth-order valence-electron chi connectivity index (χ4n) is 2.00. The molecule has 5 heteroatoms. The van der Waals surface area contributed by atoms with Gasteiger partial charge < -0.3 is 15.8 Å². The summed E-state index contributed by atoms with van der Waals surface area (Å²) >= 11 is 0. The van der Waals surface area contributed by atoms with Gasteiger partial charge in [0.15, 0.2) is 0 Å². The smallest absolute Gasteiger partial charge is 0.230 e. The third-order valence-electron chi connectivity index (χ3n) is 3.43. The molecule has 1 aromatic rings. The summed E-state index contributed by atoms with van der Waals surface area (Å²) in [5.41, 5.74) is 7.20. The van der Waals surface area contributed by atoms with Crippen LogP contribution < -0.4 is 15.8 Å². The van der Waals surface area contributed by atoms with Crippen molar-refractivity contribution < 1.29 is 9.53 Å². The van der Waals surface area contributed by atoms with E-state index < -0.39 is 0 Å². The molecule has 2 rings (SSSR count). The van der Waals surface area contributed by atoms with Gasteiger partial charge in [-0.25, -0.2) is 0 Å². The lowest BCUT2D eigenvalue weighted by atomic mass is 10.00. The maximum absolute atomic E-state index is 11.9. The first-order valence-electron chi connectivity index (χ1n) is 9.94. The Morgan fingerprint density at radius 3 is 2.19 bits per heavy atom. The molecule has 1 aliphatic heterocycles. The van der Waals surface area contributed by atoms with Crippen LogP contribution in [0.3, 0.4) is 0 Å². The number of rotatable bonds is 4. The van der Waals surface area contributed by atoms with Crippen molar-refractivity contribution in [2.45, 2.75) is 74.8 Å². The molecule has 1 heterocycles. The standard InChI is InChI=1S/C15H21N3O2.3C2H6/c1-4-7-20-13-6-5-11(16)8-12(13)14-17-10(3)9(2)15(19)18-14;3*1-2/h5-6,8-10H,4,7,16H2,1-3H3,(H,17,18,19);3*1-2H3. The minimum absolute atomic E-state index is 0.0219. The van der Waals surface area contributed by atoms with Crippen LogP contribution >= 0.6 is 0 Å². The summed E-state index contributed by atoms with van der Waals surface area (Å²) in [5.74, 6) is 1.09. The number of ether oxygens (including phenoxy) is 1. The maximum atomic E-state index is 11.9. The van der Waals surface area contributed by atoms with Crippen LogP contribution in [-0.2, 0) is 4.79 Å². The molecular weight excluding hydrogens is 326 g/mol. The zero-order chi connectivity index (χ0) is 20.7. The predicted octanol–water partition coefficient (Wildman–Crippen LogP) is 5.04. The zero-order valence-electron chi connectivity index (χ0n) is 18.1. The average molecular weight is 366 g/mol. The van der Waals surface area contributed by atoms with Crippen LogP contribution in [0.25, 0.3) is 0 Å². The molecule has 2 atom stereocenters. The Labute approximate surface area is 160 Å². The minimum Gasteiger partial charge on any atom is -0.493 e. The lowest BCUT2D eigenvalue weighted by Gasteiger charge is -2.25. The van der Waals surface area contributed by atoms with Crippen LogP contribution in [0.5, 0.6) is 5.75 Å². The van der Waals surface area contributed by atoms with E-state index in [1.807, 2.05) is 68.4 Å². The molecule has 3 N–H and O–H groups in total. The van der Waals surface area contributed by atoms with Gasteiger partial charge in [-0.1, -0.05) is 55.4 Å². The summed E-state index contributed by atoms with van der Waals surface area (Å²) in [6, 6.07) is 5.33. The van der Waals surface area contributed by atoms with Crippen molar-refractivity contribution in [2.75, 3.05) is 12.3 Å². The van der Waals surface area contributed by atoms with E-state index in [-0.39, 0.29) is 17.9 Å². The van der Waals surface area contributed by atoms with E-state index >= 15 is 0 Å². The third kappa shape index (κ3) is 7.89. The van der Waals surface area contributed by atoms with Crippen molar-refractivity contribution in [3.8, 4) is 5.75 Å². The van der Waals surface area contributed by atoms with Gasteiger partial charge in [-0.15, -0.1) is 0 Å². The second-order valence-corrected chi connectivity index (χ2v) is 5.10. The number of anilines is 1. The number of carbonyl (C=O) groups is 1. The van der Waals surface area contributed by atoms with Gasteiger partial charge in [0.05, 0.1) is 24.1 Å². The zero-order valence-corrected chi connectivity index (χ0v) is 18.1. The predicted molar refractivity (Wildman–Crippen MR) is 114 cm³/mol. The van der Waals surface area contributed by atoms with Crippen molar-refractivity contribution in [1.82, 2.24) is 5.32 Å². The van der Waals surface area contributed by atoms with Crippen LogP contribution in [0, 0.1) is 5.92 Å². The van der Waals surface area contributed by atoms with Crippen LogP contribution in [0.15, 0.2) is 23.2 Å². The summed E-state index contributed by atoms with van der Waals surface area (Å²) in [7, 11) is 0. The van der Waals surface area contributed by atoms with Gasteiger partial charge in [0.1, 0.15) is 11.6 Å². The molecule has 1 aromatic carbocycles. The number of nitrogens with two attached hydrogens (primary N) is 1. The Morgan fingerprint density at radius 1 is 1.12 bits per heavy atom. The Morgan fingerprint density at radius 2 is 1.69 bits per heavy atom. The lowest BCUT2D eigenvalue weighted by Crippen LogP contribution is -2.44. The molecule has 0 aromatic heterocycles. The number of hydrogen-bond donors (Lipinski definition) is 2. The fraction of sp³-hybridized carbons (Fsp3) is 0.619. The van der Waals surface area contributed by atoms with E-state index in [9.17, 15) is 4.79 Å². The van der Waals surface area contributed by atoms with Crippen LogP contribution in [0.4, 0.5) is 5.69 Å². The van der Waals surface area contributed by atoms with E-state index in [2.05, 4.69) is 10.3 Å². The number of hydrogen-bond acceptors (Lipinski definition) is 4. The molecule has 150 valence electrons. The minimum atomic E-state index is -0.125. The van der Waals surface area contributed by atoms with Gasteiger partial charge in [-0.05, 0) is 31.5 Å². The van der Waals surface area contributed by atoms with Crippen LogP contribution in [0.1, 0.15) is 74.3 Å². The molecule has 0 aliphatic carbocycles. The largest absolute Gasteiger partial charge is 0.493 e. The first-order valence-corrected chi connectivity index (χ1v) is 9.94. The van der Waals surface area contributed by atoms with Crippen LogP contribution in [-0.4, -0.2) is 24.4 Å². The second kappa shape index (κ2) is 15.2. The SMILES string of the molecule is CC.CC.CC.CCCOc1ccc(N)cc1C1=NC(C)C(C)C(=O)N1. The lowest BCUT2D eigenvalue weighted by molar-refractivity contribution is -0.123. The summed E-state index contributed by atoms with van der Waals surface area (Å²) in [4.78, 5) is 16.5. The first kappa shape index (κ1) is 26.2. The second-order valence-electron chi connectivity index (χ2n) is 5.10. The van der Waals surface area contributed by atoms with Crippen molar-refractivity contribution in [3.63, 3.8) is 0 Å². The highest BCUT2D eigenvalue weighted by molar-refractivity contribution is 6.11. The number of carbonyl (C=O) groups excluding carboxylic acids is 1. The van der Waals surface area contributed by atoms with Gasteiger partial charge in [-0.3, -0.25) is 9.79 Å². The molecule has 0 fully saturated rings. The monoisotopic (exact) mass is 365 g/mol. The topological polar surface area (TPSA) is 76.7 Å². The van der Waals surface area contributed by atoms with Crippen LogP contribution in [0.2, 0.25) is 0 Å². The molecular formula is C21H39N3O2.